The van der Waals surface area contributed by atoms with Crippen LogP contribution < -0.4 is 5.32 Å². The summed E-state index contributed by atoms with van der Waals surface area (Å²) < 4.78 is 39.8. The number of nitrogens with zero attached hydrogens (tertiary/aromatic N) is 2. The molecule has 202 valence electrons. The van der Waals surface area contributed by atoms with Crippen LogP contribution >= 0.6 is 11.6 Å². The summed E-state index contributed by atoms with van der Waals surface area (Å²) in [6, 6.07) is 18.6. The van der Waals surface area contributed by atoms with Crippen LogP contribution in [0.1, 0.15) is 54.9 Å². The van der Waals surface area contributed by atoms with Crippen LogP contribution in [0.2, 0.25) is 5.02 Å². The molecule has 0 aliphatic heterocycles. The van der Waals surface area contributed by atoms with E-state index in [1.54, 1.807) is 24.3 Å². The van der Waals surface area contributed by atoms with Crippen molar-refractivity contribution in [3.63, 3.8) is 0 Å². The summed E-state index contributed by atoms with van der Waals surface area (Å²) >= 11 is 6.00. The van der Waals surface area contributed by atoms with Crippen molar-refractivity contribution in [2.24, 2.45) is 0 Å². The first-order valence-corrected chi connectivity index (χ1v) is 12.6. The SMILES string of the molecule is CC.CC.Cc1ccccc1-n1nc(C(=O)NCc2ccc(C(F)(F)F)cc2)c(O)c1-c1ccc(Cl)cc1. The summed E-state index contributed by atoms with van der Waals surface area (Å²) in [6.45, 7) is 9.84. The van der Waals surface area contributed by atoms with Gasteiger partial charge in [-0.2, -0.15) is 18.3 Å². The van der Waals surface area contributed by atoms with Crippen LogP contribution in [-0.4, -0.2) is 20.8 Å². The first-order valence-electron chi connectivity index (χ1n) is 12.2. The summed E-state index contributed by atoms with van der Waals surface area (Å²) in [5.41, 5.74) is 1.94. The Bertz CT molecular complexity index is 1330. The third-order valence-corrected chi connectivity index (χ3v) is 5.52. The Morgan fingerprint density at radius 3 is 2.08 bits per heavy atom. The number of aryl methyl sites for hydroxylation is 1. The van der Waals surface area contributed by atoms with Crippen LogP contribution in [0.5, 0.6) is 5.75 Å². The molecule has 0 saturated heterocycles. The van der Waals surface area contributed by atoms with Gasteiger partial charge in [0.05, 0.1) is 11.3 Å². The normalized spacial score (nSPS) is 10.6. The van der Waals surface area contributed by atoms with Gasteiger partial charge in [0.15, 0.2) is 11.4 Å². The molecule has 1 heterocycles. The fourth-order valence-electron chi connectivity index (χ4n) is 3.48. The highest BCUT2D eigenvalue weighted by molar-refractivity contribution is 6.30. The van der Waals surface area contributed by atoms with Gasteiger partial charge in [0.2, 0.25) is 0 Å². The maximum atomic E-state index is 12.9. The van der Waals surface area contributed by atoms with Gasteiger partial charge in [0.25, 0.3) is 5.91 Å². The summed E-state index contributed by atoms with van der Waals surface area (Å²) in [5, 5.41) is 18.5. The van der Waals surface area contributed by atoms with Gasteiger partial charge < -0.3 is 10.4 Å². The molecule has 0 atom stereocenters. The minimum atomic E-state index is -4.44. The molecule has 0 bridgehead atoms. The van der Waals surface area contributed by atoms with E-state index in [2.05, 4.69) is 10.4 Å². The zero-order valence-electron chi connectivity index (χ0n) is 21.9. The first kappa shape index (κ1) is 30.4. The van der Waals surface area contributed by atoms with Crippen LogP contribution in [0, 0.1) is 6.92 Å². The zero-order chi connectivity index (χ0) is 28.5. The quantitative estimate of drug-likeness (QED) is 0.265. The minimum absolute atomic E-state index is 0.0378. The molecular formula is C29H31ClF3N3O2. The van der Waals surface area contributed by atoms with Gasteiger partial charge in [-0.1, -0.05) is 81.8 Å². The fraction of sp³-hybridized carbons (Fsp3) is 0.241. The maximum absolute atomic E-state index is 12.9. The topological polar surface area (TPSA) is 67.2 Å². The summed E-state index contributed by atoms with van der Waals surface area (Å²) in [7, 11) is 0. The Balaban J connectivity index is 0.00000121. The molecule has 0 unspecified atom stereocenters. The number of carbonyl (C=O) groups is 1. The molecule has 1 aromatic heterocycles. The summed E-state index contributed by atoms with van der Waals surface area (Å²) in [5.74, 6) is -0.990. The highest BCUT2D eigenvalue weighted by Crippen LogP contribution is 2.36. The molecule has 5 nitrogen and oxygen atoms in total. The van der Waals surface area contributed by atoms with Crippen molar-refractivity contribution in [1.82, 2.24) is 15.1 Å². The average Bonchev–Trinajstić information content (AvgIpc) is 3.27. The third kappa shape index (κ3) is 7.16. The average molecular weight is 546 g/mol. The van der Waals surface area contributed by atoms with E-state index in [-0.39, 0.29) is 18.0 Å². The monoisotopic (exact) mass is 545 g/mol. The second-order valence-corrected chi connectivity index (χ2v) is 8.06. The van der Waals surface area contributed by atoms with Crippen LogP contribution in [0.3, 0.4) is 0 Å². The van der Waals surface area contributed by atoms with E-state index in [1.165, 1.54) is 16.8 Å². The lowest BCUT2D eigenvalue weighted by Gasteiger charge is -2.10. The molecule has 0 spiro atoms. The summed E-state index contributed by atoms with van der Waals surface area (Å²) in [6.07, 6.45) is -4.44. The summed E-state index contributed by atoms with van der Waals surface area (Å²) in [4.78, 5) is 12.9. The van der Waals surface area contributed by atoms with Gasteiger partial charge >= 0.3 is 6.18 Å². The van der Waals surface area contributed by atoms with Crippen molar-refractivity contribution in [3.8, 4) is 22.7 Å². The van der Waals surface area contributed by atoms with Crippen molar-refractivity contribution in [1.29, 1.82) is 0 Å². The lowest BCUT2D eigenvalue weighted by Crippen LogP contribution is -2.23. The molecule has 4 aromatic rings. The van der Waals surface area contributed by atoms with Crippen molar-refractivity contribution in [3.05, 3.63) is 100 Å². The van der Waals surface area contributed by atoms with Crippen LogP contribution in [0.4, 0.5) is 13.2 Å². The van der Waals surface area contributed by atoms with Crippen LogP contribution in [0.15, 0.2) is 72.8 Å². The van der Waals surface area contributed by atoms with E-state index in [0.29, 0.717) is 27.5 Å². The van der Waals surface area contributed by atoms with Gasteiger partial charge in [0, 0.05) is 17.1 Å². The number of nitrogens with one attached hydrogen (secondary N) is 1. The van der Waals surface area contributed by atoms with Gasteiger partial charge in [-0.05, 0) is 48.4 Å². The molecule has 38 heavy (non-hydrogen) atoms. The zero-order valence-corrected chi connectivity index (χ0v) is 22.7. The molecule has 4 rings (SSSR count). The van der Waals surface area contributed by atoms with E-state index in [9.17, 15) is 23.1 Å². The van der Waals surface area contributed by atoms with Gasteiger partial charge in [-0.3, -0.25) is 4.79 Å². The number of halogens is 4. The number of benzene rings is 3. The number of amides is 1. The number of aromatic hydroxyl groups is 1. The predicted octanol–water partition coefficient (Wildman–Crippen LogP) is 8.21. The highest BCUT2D eigenvalue weighted by atomic mass is 35.5. The Kier molecular flexibility index (Phi) is 11.0. The number of hydrogen-bond acceptors (Lipinski definition) is 3. The smallest absolute Gasteiger partial charge is 0.416 e. The van der Waals surface area contributed by atoms with E-state index in [1.807, 2.05) is 58.9 Å². The lowest BCUT2D eigenvalue weighted by molar-refractivity contribution is -0.137. The standard InChI is InChI=1S/C25H19ClF3N3O2.2C2H6/c1-15-4-2-3-5-20(15)32-22(17-8-12-19(26)13-9-17)23(33)21(31-32)24(34)30-14-16-6-10-18(11-7-16)25(27,28)29;2*1-2/h2-13,33H,14H2,1H3,(H,30,34);2*1-2H3. The number of carbonyl (C=O) groups excluding carboxylic acids is 1. The molecule has 1 amide bonds. The molecule has 0 aliphatic carbocycles. The number of aromatic nitrogens is 2. The number of rotatable bonds is 5. The second-order valence-electron chi connectivity index (χ2n) is 7.63. The molecule has 2 N–H and O–H groups in total. The van der Waals surface area contributed by atoms with Crippen molar-refractivity contribution >= 4 is 17.5 Å². The second kappa shape index (κ2) is 13.7. The van der Waals surface area contributed by atoms with E-state index >= 15 is 0 Å². The van der Waals surface area contributed by atoms with Crippen molar-refractivity contribution in [2.75, 3.05) is 0 Å². The Labute approximate surface area is 225 Å². The van der Waals surface area contributed by atoms with Crippen LogP contribution in [0.25, 0.3) is 16.9 Å². The van der Waals surface area contributed by atoms with E-state index in [0.717, 1.165) is 17.7 Å². The van der Waals surface area contributed by atoms with Gasteiger partial charge in [0.1, 0.15) is 5.69 Å². The lowest BCUT2D eigenvalue weighted by atomic mass is 10.1. The number of para-hydroxylation sites is 1. The molecule has 9 heteroatoms. The van der Waals surface area contributed by atoms with Gasteiger partial charge in [-0.15, -0.1) is 0 Å². The molecular weight excluding hydrogens is 515 g/mol. The number of hydrogen-bond donors (Lipinski definition) is 2. The molecule has 0 radical (unpaired) electrons. The molecule has 3 aromatic carbocycles. The Morgan fingerprint density at radius 2 is 1.53 bits per heavy atom. The van der Waals surface area contributed by atoms with Crippen LogP contribution in [-0.2, 0) is 12.7 Å². The van der Waals surface area contributed by atoms with Gasteiger partial charge in [-0.25, -0.2) is 4.68 Å². The highest BCUT2D eigenvalue weighted by Gasteiger charge is 2.30. The van der Waals surface area contributed by atoms with E-state index < -0.39 is 17.6 Å². The molecule has 0 saturated carbocycles. The Morgan fingerprint density at radius 1 is 0.947 bits per heavy atom. The minimum Gasteiger partial charge on any atom is -0.504 e. The molecule has 0 aliphatic rings. The fourth-order valence-corrected chi connectivity index (χ4v) is 3.61. The number of alkyl halides is 3. The largest absolute Gasteiger partial charge is 0.504 e. The third-order valence-electron chi connectivity index (χ3n) is 5.27. The molecule has 0 fully saturated rings. The van der Waals surface area contributed by atoms with E-state index in [4.69, 9.17) is 11.6 Å². The van der Waals surface area contributed by atoms with Crippen molar-refractivity contribution in [2.45, 2.75) is 47.3 Å². The maximum Gasteiger partial charge on any atom is 0.416 e. The Hall–Kier alpha value is -3.78. The predicted molar refractivity (Wildman–Crippen MR) is 146 cm³/mol. The first-order chi connectivity index (χ1) is 18.1. The van der Waals surface area contributed by atoms with Crippen molar-refractivity contribution < 1.29 is 23.1 Å².